The third-order valence-corrected chi connectivity index (χ3v) is 6.68. The Morgan fingerprint density at radius 3 is 2.19 bits per heavy atom. The Balaban J connectivity index is 1.47. The molecule has 1 heterocycles. The summed E-state index contributed by atoms with van der Waals surface area (Å²) in [6.07, 6.45) is 5.26. The molecule has 1 aromatic heterocycles. The number of carbonyl (C=O) groups excluding carboxylic acids is 1. The lowest BCUT2D eigenvalue weighted by Gasteiger charge is -2.24. The van der Waals surface area contributed by atoms with Crippen LogP contribution >= 0.6 is 0 Å². The van der Waals surface area contributed by atoms with Crippen LogP contribution in [-0.2, 0) is 21.4 Å². The van der Waals surface area contributed by atoms with Gasteiger partial charge in [-0.2, -0.15) is 0 Å². The third-order valence-electron chi connectivity index (χ3n) is 4.89. The number of para-hydroxylation sites is 1. The molecular formula is C24H22N4O3S. The van der Waals surface area contributed by atoms with E-state index in [1.165, 1.54) is 12.1 Å². The summed E-state index contributed by atoms with van der Waals surface area (Å²) in [5.74, 6) is -0.396. The van der Waals surface area contributed by atoms with Crippen molar-refractivity contribution in [2.75, 3.05) is 10.8 Å². The fourth-order valence-electron chi connectivity index (χ4n) is 3.21. The van der Waals surface area contributed by atoms with Gasteiger partial charge in [-0.1, -0.05) is 48.5 Å². The summed E-state index contributed by atoms with van der Waals surface area (Å²) in [5.41, 5.74) is 2.29. The Bertz CT molecular complexity index is 1260. The second-order valence-corrected chi connectivity index (χ2v) is 8.94. The highest BCUT2D eigenvalue weighted by atomic mass is 32.2. The molecule has 0 aliphatic heterocycles. The first-order chi connectivity index (χ1) is 15.5. The van der Waals surface area contributed by atoms with Crippen molar-refractivity contribution in [2.24, 2.45) is 0 Å². The lowest BCUT2D eigenvalue weighted by atomic mass is 10.2. The zero-order chi connectivity index (χ0) is 22.4. The normalized spacial score (nSPS) is 11.1. The zero-order valence-electron chi connectivity index (χ0n) is 17.2. The van der Waals surface area contributed by atoms with Crippen LogP contribution in [0.5, 0.6) is 0 Å². The number of nitrogens with one attached hydrogen (secondary N) is 1. The van der Waals surface area contributed by atoms with Gasteiger partial charge in [0.1, 0.15) is 6.54 Å². The molecule has 1 N–H and O–H groups in total. The number of aromatic nitrogens is 2. The fraction of sp³-hybridized carbons (Fsp3) is 0.0833. The molecule has 0 atom stereocenters. The molecule has 3 aromatic carbocycles. The molecule has 0 saturated carbocycles. The summed E-state index contributed by atoms with van der Waals surface area (Å²) in [5, 5.41) is 2.81. The van der Waals surface area contributed by atoms with Gasteiger partial charge >= 0.3 is 0 Å². The van der Waals surface area contributed by atoms with Crippen LogP contribution in [0.3, 0.4) is 0 Å². The summed E-state index contributed by atoms with van der Waals surface area (Å²) >= 11 is 0. The predicted octanol–water partition coefficient (Wildman–Crippen LogP) is 3.38. The van der Waals surface area contributed by atoms with E-state index in [0.717, 1.165) is 15.6 Å². The molecule has 7 nitrogen and oxygen atoms in total. The van der Waals surface area contributed by atoms with Gasteiger partial charge in [0.2, 0.25) is 5.91 Å². The SMILES string of the molecule is O=C(CN(c1ccccc1)S(=O)(=O)c1ccccc1)NCc1ccc(-n2ccnc2)cc1. The van der Waals surface area contributed by atoms with Gasteiger partial charge in [-0.05, 0) is 42.0 Å². The number of carbonyl (C=O) groups is 1. The van der Waals surface area contributed by atoms with Crippen LogP contribution in [0.15, 0.2) is 109 Å². The van der Waals surface area contributed by atoms with Crippen LogP contribution in [0.1, 0.15) is 5.56 Å². The maximum atomic E-state index is 13.2. The predicted molar refractivity (Wildman–Crippen MR) is 123 cm³/mol. The number of nitrogens with zero attached hydrogens (tertiary/aromatic N) is 3. The van der Waals surface area contributed by atoms with Gasteiger partial charge in [-0.15, -0.1) is 0 Å². The Labute approximate surface area is 187 Å². The summed E-state index contributed by atoms with van der Waals surface area (Å²) < 4.78 is 29.5. The molecule has 162 valence electrons. The van der Waals surface area contributed by atoms with Crippen molar-refractivity contribution in [2.45, 2.75) is 11.4 Å². The van der Waals surface area contributed by atoms with Crippen LogP contribution in [0, 0.1) is 0 Å². The first-order valence-corrected chi connectivity index (χ1v) is 11.4. The number of hydrogen-bond acceptors (Lipinski definition) is 4. The number of benzene rings is 3. The third kappa shape index (κ3) is 4.87. The molecular weight excluding hydrogens is 424 g/mol. The molecule has 0 fully saturated rings. The molecule has 0 radical (unpaired) electrons. The first-order valence-electron chi connectivity index (χ1n) is 10.0. The Kier molecular flexibility index (Phi) is 6.32. The van der Waals surface area contributed by atoms with Crippen molar-refractivity contribution >= 4 is 21.6 Å². The Hall–Kier alpha value is -3.91. The minimum absolute atomic E-state index is 0.131. The van der Waals surface area contributed by atoms with E-state index < -0.39 is 15.9 Å². The number of anilines is 1. The van der Waals surface area contributed by atoms with E-state index in [4.69, 9.17) is 0 Å². The maximum absolute atomic E-state index is 13.2. The molecule has 32 heavy (non-hydrogen) atoms. The largest absolute Gasteiger partial charge is 0.350 e. The van der Waals surface area contributed by atoms with Gasteiger partial charge < -0.3 is 9.88 Å². The van der Waals surface area contributed by atoms with E-state index in [1.807, 2.05) is 35.0 Å². The number of rotatable bonds is 8. The zero-order valence-corrected chi connectivity index (χ0v) is 18.0. The highest BCUT2D eigenvalue weighted by Crippen LogP contribution is 2.23. The first kappa shape index (κ1) is 21.3. The highest BCUT2D eigenvalue weighted by molar-refractivity contribution is 7.92. The van der Waals surface area contributed by atoms with Crippen molar-refractivity contribution in [3.8, 4) is 5.69 Å². The summed E-state index contributed by atoms with van der Waals surface area (Å²) in [7, 11) is -3.90. The standard InChI is InChI=1S/C24H22N4O3S/c29-24(26-17-20-11-13-21(14-12-20)27-16-15-25-19-27)18-28(22-7-3-1-4-8-22)32(30,31)23-9-5-2-6-10-23/h1-16,19H,17-18H2,(H,26,29). The smallest absolute Gasteiger partial charge is 0.264 e. The van der Waals surface area contributed by atoms with E-state index in [1.54, 1.807) is 61.1 Å². The minimum atomic E-state index is -3.90. The fourth-order valence-corrected chi connectivity index (χ4v) is 4.66. The Morgan fingerprint density at radius 2 is 1.56 bits per heavy atom. The van der Waals surface area contributed by atoms with Gasteiger partial charge in [0.05, 0.1) is 16.9 Å². The van der Waals surface area contributed by atoms with Crippen LogP contribution in [0.2, 0.25) is 0 Å². The highest BCUT2D eigenvalue weighted by Gasteiger charge is 2.26. The van der Waals surface area contributed by atoms with Crippen molar-refractivity contribution in [3.63, 3.8) is 0 Å². The van der Waals surface area contributed by atoms with Crippen LogP contribution < -0.4 is 9.62 Å². The Morgan fingerprint density at radius 1 is 0.906 bits per heavy atom. The van der Waals surface area contributed by atoms with E-state index >= 15 is 0 Å². The van der Waals surface area contributed by atoms with E-state index in [-0.39, 0.29) is 18.0 Å². The summed E-state index contributed by atoms with van der Waals surface area (Å²) in [6, 6.07) is 24.4. The van der Waals surface area contributed by atoms with E-state index in [2.05, 4.69) is 10.3 Å². The van der Waals surface area contributed by atoms with Crippen molar-refractivity contribution in [1.82, 2.24) is 14.9 Å². The summed E-state index contributed by atoms with van der Waals surface area (Å²) in [6.45, 7) is -0.0363. The molecule has 0 bridgehead atoms. The number of hydrogen-bond donors (Lipinski definition) is 1. The van der Waals surface area contributed by atoms with Crippen LogP contribution in [0.4, 0.5) is 5.69 Å². The molecule has 0 unspecified atom stereocenters. The van der Waals surface area contributed by atoms with Crippen molar-refractivity contribution in [3.05, 3.63) is 109 Å². The average Bonchev–Trinajstić information content (AvgIpc) is 3.38. The molecule has 0 saturated heterocycles. The lowest BCUT2D eigenvalue weighted by molar-refractivity contribution is -0.119. The topological polar surface area (TPSA) is 84.3 Å². The van der Waals surface area contributed by atoms with Gasteiger partial charge in [0, 0.05) is 24.6 Å². The van der Waals surface area contributed by atoms with Crippen LogP contribution in [-0.4, -0.2) is 30.4 Å². The average molecular weight is 447 g/mol. The molecule has 4 aromatic rings. The second-order valence-electron chi connectivity index (χ2n) is 7.07. The molecule has 1 amide bonds. The van der Waals surface area contributed by atoms with Crippen molar-refractivity contribution in [1.29, 1.82) is 0 Å². The van der Waals surface area contributed by atoms with Gasteiger partial charge in [0.25, 0.3) is 10.0 Å². The van der Waals surface area contributed by atoms with Crippen molar-refractivity contribution < 1.29 is 13.2 Å². The molecule has 4 rings (SSSR count). The molecule has 0 aliphatic carbocycles. The minimum Gasteiger partial charge on any atom is -0.350 e. The van der Waals surface area contributed by atoms with E-state index in [0.29, 0.717) is 5.69 Å². The number of amides is 1. The maximum Gasteiger partial charge on any atom is 0.264 e. The molecule has 0 aliphatic rings. The number of imidazole rings is 1. The quantitative estimate of drug-likeness (QED) is 0.450. The summed E-state index contributed by atoms with van der Waals surface area (Å²) in [4.78, 5) is 16.9. The van der Waals surface area contributed by atoms with Crippen LogP contribution in [0.25, 0.3) is 5.69 Å². The molecule has 0 spiro atoms. The monoisotopic (exact) mass is 446 g/mol. The second kappa shape index (κ2) is 9.49. The van der Waals surface area contributed by atoms with Gasteiger partial charge in [-0.3, -0.25) is 9.10 Å². The lowest BCUT2D eigenvalue weighted by Crippen LogP contribution is -2.40. The molecule has 8 heteroatoms. The van der Waals surface area contributed by atoms with Gasteiger partial charge in [0.15, 0.2) is 0 Å². The number of sulfonamides is 1. The van der Waals surface area contributed by atoms with Gasteiger partial charge in [-0.25, -0.2) is 13.4 Å². The van der Waals surface area contributed by atoms with E-state index in [9.17, 15) is 13.2 Å².